The zero-order chi connectivity index (χ0) is 8.69. The largest absolute Gasteiger partial charge is 0.355 e. The predicted molar refractivity (Wildman–Crippen MR) is 46.3 cm³/mol. The molecule has 0 bridgehead atoms. The van der Waals surface area contributed by atoms with Crippen molar-refractivity contribution in [1.82, 2.24) is 5.32 Å². The van der Waals surface area contributed by atoms with E-state index in [1.807, 2.05) is 0 Å². The van der Waals surface area contributed by atoms with E-state index in [-0.39, 0.29) is 11.8 Å². The van der Waals surface area contributed by atoms with E-state index in [0.717, 1.165) is 0 Å². The van der Waals surface area contributed by atoms with Crippen molar-refractivity contribution >= 4 is 17.5 Å². The Kier molecular flexibility index (Phi) is 5.68. The van der Waals surface area contributed by atoms with Gasteiger partial charge >= 0.3 is 0 Å². The summed E-state index contributed by atoms with van der Waals surface area (Å²) < 4.78 is 0. The number of terminal acetylenes is 1. The molecule has 1 unspecified atom stereocenters. The number of rotatable bonds is 4. The molecule has 0 aliphatic heterocycles. The highest BCUT2D eigenvalue weighted by Gasteiger charge is 2.09. The van der Waals surface area contributed by atoms with Crippen molar-refractivity contribution in [2.75, 3.05) is 12.4 Å². The fourth-order valence-electron chi connectivity index (χ4n) is 0.502. The Labute approximate surface area is 72.3 Å². The summed E-state index contributed by atoms with van der Waals surface area (Å²) in [7, 11) is 0. The van der Waals surface area contributed by atoms with Gasteiger partial charge in [0.05, 0.1) is 0 Å². The van der Waals surface area contributed by atoms with Crippen LogP contribution in [0, 0.1) is 18.3 Å². The zero-order valence-electron chi connectivity index (χ0n) is 6.56. The van der Waals surface area contributed by atoms with Crippen LogP contribution >= 0.6 is 11.6 Å². The number of carbonyl (C=O) groups is 1. The molecule has 0 fully saturated rings. The van der Waals surface area contributed by atoms with Gasteiger partial charge < -0.3 is 5.32 Å². The highest BCUT2D eigenvalue weighted by molar-refractivity contribution is 6.19. The Morgan fingerprint density at radius 2 is 2.45 bits per heavy atom. The third-order valence-corrected chi connectivity index (χ3v) is 1.71. The molecule has 2 nitrogen and oxygen atoms in total. The van der Waals surface area contributed by atoms with Crippen LogP contribution in [0.1, 0.15) is 13.3 Å². The minimum Gasteiger partial charge on any atom is -0.355 e. The Balaban J connectivity index is 3.46. The summed E-state index contributed by atoms with van der Waals surface area (Å²) in [6, 6.07) is 0. The molecule has 3 heteroatoms. The molecule has 11 heavy (non-hydrogen) atoms. The molecule has 0 saturated carbocycles. The summed E-state index contributed by atoms with van der Waals surface area (Å²) in [5.41, 5.74) is 0. The molecule has 0 aromatic carbocycles. The van der Waals surface area contributed by atoms with Crippen LogP contribution in [0.4, 0.5) is 0 Å². The van der Waals surface area contributed by atoms with Crippen molar-refractivity contribution in [2.45, 2.75) is 13.3 Å². The Bertz CT molecular complexity index is 162. The Morgan fingerprint density at radius 1 is 1.82 bits per heavy atom. The van der Waals surface area contributed by atoms with E-state index < -0.39 is 0 Å². The fraction of sp³-hybridized carbons (Fsp3) is 0.625. The zero-order valence-corrected chi connectivity index (χ0v) is 7.32. The molecule has 0 aromatic heterocycles. The quantitative estimate of drug-likeness (QED) is 0.384. The third kappa shape index (κ3) is 4.69. The summed E-state index contributed by atoms with van der Waals surface area (Å²) >= 11 is 5.46. The number of alkyl halides is 1. The average molecular weight is 174 g/mol. The monoisotopic (exact) mass is 173 g/mol. The lowest BCUT2D eigenvalue weighted by atomic mass is 10.2. The summed E-state index contributed by atoms with van der Waals surface area (Å²) in [5, 5.41) is 2.67. The molecule has 1 amide bonds. The lowest BCUT2D eigenvalue weighted by Gasteiger charge is -2.06. The Morgan fingerprint density at radius 3 is 2.91 bits per heavy atom. The van der Waals surface area contributed by atoms with Crippen LogP contribution in [0.2, 0.25) is 0 Å². The van der Waals surface area contributed by atoms with Crippen LogP contribution in [0.15, 0.2) is 0 Å². The van der Waals surface area contributed by atoms with Gasteiger partial charge in [0.25, 0.3) is 0 Å². The standard InChI is InChI=1S/C8H12ClNO/c1-3-4-5-10-8(11)7(2)6-9/h1,7H,4-6H2,2H3,(H,10,11). The van der Waals surface area contributed by atoms with E-state index in [1.165, 1.54) is 0 Å². The second-order valence-electron chi connectivity index (χ2n) is 2.30. The predicted octanol–water partition coefficient (Wildman–Crippen LogP) is 1.00. The number of halogens is 1. The summed E-state index contributed by atoms with van der Waals surface area (Å²) in [6.45, 7) is 2.31. The minimum atomic E-state index is -0.130. The van der Waals surface area contributed by atoms with E-state index in [9.17, 15) is 4.79 Å². The van der Waals surface area contributed by atoms with Gasteiger partial charge in [-0.25, -0.2) is 0 Å². The summed E-state index contributed by atoms with van der Waals surface area (Å²) in [6.07, 6.45) is 5.57. The van der Waals surface area contributed by atoms with Crippen molar-refractivity contribution in [3.8, 4) is 12.3 Å². The molecule has 0 rings (SSSR count). The smallest absolute Gasteiger partial charge is 0.224 e. The van der Waals surface area contributed by atoms with Gasteiger partial charge in [-0.3, -0.25) is 4.79 Å². The van der Waals surface area contributed by atoms with Crippen LogP contribution in [-0.4, -0.2) is 18.3 Å². The van der Waals surface area contributed by atoms with Gasteiger partial charge in [-0.05, 0) is 0 Å². The first-order valence-electron chi connectivity index (χ1n) is 3.49. The van der Waals surface area contributed by atoms with Crippen molar-refractivity contribution in [1.29, 1.82) is 0 Å². The maximum atomic E-state index is 11.0. The van der Waals surface area contributed by atoms with E-state index in [2.05, 4.69) is 11.2 Å². The Hall–Kier alpha value is -0.680. The van der Waals surface area contributed by atoms with Gasteiger partial charge in [-0.2, -0.15) is 0 Å². The summed E-state index contributed by atoms with van der Waals surface area (Å²) in [4.78, 5) is 11.0. The molecule has 0 aliphatic carbocycles. The number of nitrogens with one attached hydrogen (secondary N) is 1. The highest BCUT2D eigenvalue weighted by atomic mass is 35.5. The molecule has 0 saturated heterocycles. The van der Waals surface area contributed by atoms with E-state index in [1.54, 1.807) is 6.92 Å². The first-order valence-corrected chi connectivity index (χ1v) is 4.03. The normalized spacial score (nSPS) is 11.7. The lowest BCUT2D eigenvalue weighted by molar-refractivity contribution is -0.123. The fourth-order valence-corrected chi connectivity index (χ4v) is 0.642. The maximum absolute atomic E-state index is 11.0. The van der Waals surface area contributed by atoms with Crippen LogP contribution in [0.5, 0.6) is 0 Å². The molecule has 1 atom stereocenters. The molecule has 0 radical (unpaired) electrons. The van der Waals surface area contributed by atoms with E-state index in [0.29, 0.717) is 18.8 Å². The number of carbonyl (C=O) groups excluding carboxylic acids is 1. The van der Waals surface area contributed by atoms with Crippen molar-refractivity contribution < 1.29 is 4.79 Å². The van der Waals surface area contributed by atoms with Crippen LogP contribution in [0.25, 0.3) is 0 Å². The lowest BCUT2D eigenvalue weighted by Crippen LogP contribution is -2.30. The third-order valence-electron chi connectivity index (χ3n) is 1.25. The second kappa shape index (κ2) is 6.06. The van der Waals surface area contributed by atoms with Crippen LogP contribution < -0.4 is 5.32 Å². The average Bonchev–Trinajstić information content (AvgIpc) is 2.03. The van der Waals surface area contributed by atoms with E-state index >= 15 is 0 Å². The molecule has 1 N–H and O–H groups in total. The molecule has 0 heterocycles. The topological polar surface area (TPSA) is 29.1 Å². The molecular formula is C8H12ClNO. The first kappa shape index (κ1) is 10.3. The van der Waals surface area contributed by atoms with Gasteiger partial charge in [0.2, 0.25) is 5.91 Å². The number of amides is 1. The van der Waals surface area contributed by atoms with Crippen LogP contribution in [0.3, 0.4) is 0 Å². The van der Waals surface area contributed by atoms with Gasteiger partial charge in [-0.1, -0.05) is 6.92 Å². The number of hydrogen-bond donors (Lipinski definition) is 1. The highest BCUT2D eigenvalue weighted by Crippen LogP contribution is 1.96. The molecule has 0 aromatic rings. The first-order chi connectivity index (χ1) is 5.22. The molecule has 62 valence electrons. The SMILES string of the molecule is C#CCCNC(=O)C(C)CCl. The van der Waals surface area contributed by atoms with Crippen molar-refractivity contribution in [3.05, 3.63) is 0 Å². The molecular weight excluding hydrogens is 162 g/mol. The summed E-state index contributed by atoms with van der Waals surface area (Å²) in [5.74, 6) is 2.62. The molecule has 0 aliphatic rings. The minimum absolute atomic E-state index is 0.0322. The maximum Gasteiger partial charge on any atom is 0.224 e. The van der Waals surface area contributed by atoms with Gasteiger partial charge in [0, 0.05) is 24.8 Å². The number of hydrogen-bond acceptors (Lipinski definition) is 1. The van der Waals surface area contributed by atoms with Crippen LogP contribution in [-0.2, 0) is 4.79 Å². The second-order valence-corrected chi connectivity index (χ2v) is 2.61. The van der Waals surface area contributed by atoms with Gasteiger partial charge in [0.15, 0.2) is 0 Å². The van der Waals surface area contributed by atoms with Crippen molar-refractivity contribution in [3.63, 3.8) is 0 Å². The molecule has 0 spiro atoms. The van der Waals surface area contributed by atoms with E-state index in [4.69, 9.17) is 18.0 Å². The van der Waals surface area contributed by atoms with Crippen molar-refractivity contribution in [2.24, 2.45) is 5.92 Å². The van der Waals surface area contributed by atoms with Gasteiger partial charge in [0.1, 0.15) is 0 Å². The van der Waals surface area contributed by atoms with Gasteiger partial charge in [-0.15, -0.1) is 23.9 Å².